The van der Waals surface area contributed by atoms with Gasteiger partial charge in [0, 0.05) is 17.9 Å². The first kappa shape index (κ1) is 21.8. The molecular formula is C20H28F3N3O3S. The van der Waals surface area contributed by atoms with Crippen LogP contribution in [0.4, 0.5) is 13.2 Å². The Labute approximate surface area is 175 Å². The summed E-state index contributed by atoms with van der Waals surface area (Å²) >= 11 is 0. The van der Waals surface area contributed by atoms with Gasteiger partial charge in [-0.25, -0.2) is 18.4 Å². The largest absolute Gasteiger partial charge is 0.489 e. The summed E-state index contributed by atoms with van der Waals surface area (Å²) < 4.78 is 67.6. The molecule has 2 aliphatic heterocycles. The molecule has 3 fully saturated rings. The van der Waals surface area contributed by atoms with E-state index in [-0.39, 0.29) is 24.2 Å². The maximum Gasteiger partial charge on any atom is 0.391 e. The Balaban J connectivity index is 1.20. The van der Waals surface area contributed by atoms with Crippen molar-refractivity contribution in [1.29, 1.82) is 0 Å². The Morgan fingerprint density at radius 3 is 2.40 bits per heavy atom. The van der Waals surface area contributed by atoms with Crippen LogP contribution in [0.2, 0.25) is 0 Å². The van der Waals surface area contributed by atoms with Gasteiger partial charge in [-0.2, -0.15) is 13.2 Å². The fourth-order valence-electron chi connectivity index (χ4n) is 5.06. The summed E-state index contributed by atoms with van der Waals surface area (Å²) in [4.78, 5) is 10.8. The highest BCUT2D eigenvalue weighted by Gasteiger charge is 2.49. The number of ether oxygens (including phenoxy) is 1. The van der Waals surface area contributed by atoms with E-state index in [4.69, 9.17) is 4.74 Å². The van der Waals surface area contributed by atoms with Crippen molar-refractivity contribution >= 4 is 9.84 Å². The Kier molecular flexibility index (Phi) is 6.00. The number of aromatic nitrogens is 2. The van der Waals surface area contributed by atoms with Gasteiger partial charge >= 0.3 is 6.18 Å². The average molecular weight is 448 g/mol. The smallest absolute Gasteiger partial charge is 0.391 e. The quantitative estimate of drug-likeness (QED) is 0.690. The van der Waals surface area contributed by atoms with Crippen molar-refractivity contribution in [2.75, 3.05) is 37.7 Å². The molecule has 4 rings (SSSR count). The van der Waals surface area contributed by atoms with E-state index < -0.39 is 21.9 Å². The topological polar surface area (TPSA) is 72.4 Å². The van der Waals surface area contributed by atoms with Gasteiger partial charge in [-0.15, -0.1) is 0 Å². The molecule has 0 N–H and O–H groups in total. The van der Waals surface area contributed by atoms with Crippen molar-refractivity contribution in [3.63, 3.8) is 0 Å². The summed E-state index contributed by atoms with van der Waals surface area (Å²) in [6.45, 7) is 2.95. The zero-order valence-electron chi connectivity index (χ0n) is 16.9. The fourth-order valence-corrected chi connectivity index (χ4v) is 7.41. The van der Waals surface area contributed by atoms with E-state index in [2.05, 4.69) is 14.9 Å². The number of halogens is 3. The van der Waals surface area contributed by atoms with Crippen molar-refractivity contribution in [1.82, 2.24) is 14.9 Å². The minimum atomic E-state index is -4.15. The second kappa shape index (κ2) is 8.26. The third kappa shape index (κ3) is 5.07. The number of nitrogens with zero attached hydrogens (tertiary/aromatic N) is 3. The standard InChI is InChI=1S/C20H28F3N3O3S/c21-20(22,23)16-3-1-2-15(10-16)18-24-11-17(12-25-18)29-9-8-26-6-4-19(5-7-26)13-30(27,28)14-19/h11-12,15-16H,1-10,13-14H2. The Morgan fingerprint density at radius 1 is 1.13 bits per heavy atom. The third-order valence-corrected chi connectivity index (χ3v) is 8.90. The third-order valence-electron chi connectivity index (χ3n) is 6.80. The monoisotopic (exact) mass is 447 g/mol. The molecule has 1 saturated carbocycles. The predicted octanol–water partition coefficient (Wildman–Crippen LogP) is 3.20. The minimum absolute atomic E-state index is 0.00407. The molecule has 3 heterocycles. The van der Waals surface area contributed by atoms with Crippen molar-refractivity contribution in [2.24, 2.45) is 11.3 Å². The lowest BCUT2D eigenvalue weighted by Crippen LogP contribution is -2.54. The zero-order chi connectivity index (χ0) is 21.4. The molecule has 2 saturated heterocycles. The highest BCUT2D eigenvalue weighted by atomic mass is 32.2. The summed E-state index contributed by atoms with van der Waals surface area (Å²) in [6.07, 6.45) is 2.23. The van der Waals surface area contributed by atoms with Crippen LogP contribution in [-0.2, 0) is 9.84 Å². The molecule has 0 bridgehead atoms. The highest BCUT2D eigenvalue weighted by molar-refractivity contribution is 7.92. The van der Waals surface area contributed by atoms with Crippen LogP contribution in [0.5, 0.6) is 5.75 Å². The maximum absolute atomic E-state index is 13.0. The SMILES string of the molecule is O=S1(=O)CC2(CCN(CCOc3cnc(C4CCCC(C(F)(F)F)C4)nc3)CC2)C1. The molecule has 1 aromatic heterocycles. The van der Waals surface area contributed by atoms with Crippen molar-refractivity contribution in [3.05, 3.63) is 18.2 Å². The van der Waals surface area contributed by atoms with Gasteiger partial charge in [-0.05, 0) is 45.2 Å². The molecule has 3 aliphatic rings. The van der Waals surface area contributed by atoms with E-state index >= 15 is 0 Å². The number of sulfone groups is 1. The van der Waals surface area contributed by atoms with E-state index in [1.54, 1.807) is 12.4 Å². The summed E-state index contributed by atoms with van der Waals surface area (Å²) in [7, 11) is -2.80. The molecule has 0 amide bonds. The number of hydrogen-bond donors (Lipinski definition) is 0. The number of piperidine rings is 1. The van der Waals surface area contributed by atoms with E-state index in [9.17, 15) is 21.6 Å². The number of rotatable bonds is 5. The van der Waals surface area contributed by atoms with Gasteiger partial charge in [0.15, 0.2) is 15.6 Å². The molecule has 30 heavy (non-hydrogen) atoms. The minimum Gasteiger partial charge on any atom is -0.489 e. The van der Waals surface area contributed by atoms with E-state index in [1.165, 1.54) is 0 Å². The lowest BCUT2D eigenvalue weighted by molar-refractivity contribution is -0.183. The van der Waals surface area contributed by atoms with Crippen LogP contribution in [0.15, 0.2) is 12.4 Å². The lowest BCUT2D eigenvalue weighted by atomic mass is 9.80. The first-order valence-corrected chi connectivity index (χ1v) is 12.4. The molecule has 1 aliphatic carbocycles. The normalized spacial score (nSPS) is 28.8. The Morgan fingerprint density at radius 2 is 1.80 bits per heavy atom. The maximum atomic E-state index is 13.0. The van der Waals surface area contributed by atoms with Gasteiger partial charge in [0.25, 0.3) is 0 Å². The van der Waals surface area contributed by atoms with Crippen LogP contribution in [0.3, 0.4) is 0 Å². The van der Waals surface area contributed by atoms with E-state index in [0.29, 0.717) is 42.5 Å². The first-order chi connectivity index (χ1) is 14.1. The van der Waals surface area contributed by atoms with Crippen LogP contribution < -0.4 is 4.74 Å². The van der Waals surface area contributed by atoms with Crippen molar-refractivity contribution in [2.45, 2.75) is 50.6 Å². The second-order valence-electron chi connectivity index (χ2n) is 9.10. The van der Waals surface area contributed by atoms with Gasteiger partial charge in [-0.3, -0.25) is 4.90 Å². The van der Waals surface area contributed by atoms with Gasteiger partial charge in [0.2, 0.25) is 0 Å². The molecule has 2 atom stereocenters. The van der Waals surface area contributed by atoms with Crippen molar-refractivity contribution in [3.8, 4) is 5.75 Å². The Bertz CT molecular complexity index is 823. The van der Waals surface area contributed by atoms with Crippen LogP contribution in [-0.4, -0.2) is 67.2 Å². The van der Waals surface area contributed by atoms with Crippen molar-refractivity contribution < 1.29 is 26.3 Å². The highest BCUT2D eigenvalue weighted by Crippen LogP contribution is 2.43. The number of likely N-dealkylation sites (tertiary alicyclic amines) is 1. The summed E-state index contributed by atoms with van der Waals surface area (Å²) in [5.74, 6) is 0.126. The summed E-state index contributed by atoms with van der Waals surface area (Å²) in [5, 5.41) is 0. The molecule has 2 unspecified atom stereocenters. The molecule has 1 aromatic rings. The molecule has 0 aromatic carbocycles. The molecule has 0 radical (unpaired) electrons. The number of hydrogen-bond acceptors (Lipinski definition) is 6. The van der Waals surface area contributed by atoms with E-state index in [0.717, 1.165) is 32.5 Å². The van der Waals surface area contributed by atoms with Gasteiger partial charge in [-0.1, -0.05) is 6.42 Å². The second-order valence-corrected chi connectivity index (χ2v) is 11.2. The zero-order valence-corrected chi connectivity index (χ0v) is 17.7. The van der Waals surface area contributed by atoms with Gasteiger partial charge < -0.3 is 4.74 Å². The fraction of sp³-hybridized carbons (Fsp3) is 0.800. The van der Waals surface area contributed by atoms with Crippen LogP contribution in [0, 0.1) is 11.3 Å². The number of alkyl halides is 3. The molecule has 10 heteroatoms. The summed E-state index contributed by atoms with van der Waals surface area (Å²) in [6, 6.07) is 0. The summed E-state index contributed by atoms with van der Waals surface area (Å²) in [5.41, 5.74) is 0.00407. The molecule has 168 valence electrons. The van der Waals surface area contributed by atoms with Crippen LogP contribution in [0.25, 0.3) is 0 Å². The predicted molar refractivity (Wildman–Crippen MR) is 105 cm³/mol. The molecule has 6 nitrogen and oxygen atoms in total. The average Bonchev–Trinajstić information content (AvgIpc) is 2.68. The molecule has 1 spiro atoms. The van der Waals surface area contributed by atoms with E-state index in [1.807, 2.05) is 0 Å². The molecular weight excluding hydrogens is 419 g/mol. The van der Waals surface area contributed by atoms with Gasteiger partial charge in [0.1, 0.15) is 12.4 Å². The van der Waals surface area contributed by atoms with Crippen LogP contribution >= 0.6 is 0 Å². The van der Waals surface area contributed by atoms with Crippen LogP contribution in [0.1, 0.15) is 50.3 Å². The Hall–Kier alpha value is -1.42. The lowest BCUT2D eigenvalue weighted by Gasteiger charge is -2.47. The first-order valence-electron chi connectivity index (χ1n) is 10.6. The van der Waals surface area contributed by atoms with Gasteiger partial charge in [0.05, 0.1) is 29.8 Å².